The zero-order valence-corrected chi connectivity index (χ0v) is 20.6. The molecule has 2 saturated heterocycles. The van der Waals surface area contributed by atoms with Crippen LogP contribution in [-0.2, 0) is 0 Å². The molecule has 1 aromatic carbocycles. The predicted octanol–water partition coefficient (Wildman–Crippen LogP) is 5.20. The molecule has 0 N–H and O–H groups in total. The van der Waals surface area contributed by atoms with E-state index in [9.17, 15) is 0 Å². The SMILES string of the molecule is CCOc1ccc(-n2c(C)c3c(C)nnc(N4CCC(N5CCCCC5)CC4)c3c2C)cc1. The van der Waals surface area contributed by atoms with Crippen LogP contribution < -0.4 is 9.64 Å². The highest BCUT2D eigenvalue weighted by Crippen LogP contribution is 2.37. The summed E-state index contributed by atoms with van der Waals surface area (Å²) in [5.74, 6) is 1.96. The van der Waals surface area contributed by atoms with Crippen LogP contribution in [0.15, 0.2) is 24.3 Å². The van der Waals surface area contributed by atoms with Gasteiger partial charge < -0.3 is 19.1 Å². The molecule has 2 fully saturated rings. The number of rotatable bonds is 5. The Morgan fingerprint density at radius 2 is 1.52 bits per heavy atom. The summed E-state index contributed by atoms with van der Waals surface area (Å²) in [4.78, 5) is 5.21. The summed E-state index contributed by atoms with van der Waals surface area (Å²) >= 11 is 0. The Hall–Kier alpha value is -2.60. The van der Waals surface area contributed by atoms with Crippen molar-refractivity contribution in [2.24, 2.45) is 0 Å². The monoisotopic (exact) mass is 447 g/mol. The van der Waals surface area contributed by atoms with E-state index in [-0.39, 0.29) is 0 Å². The molecule has 0 bridgehead atoms. The Bertz CT molecular complexity index is 1110. The lowest BCUT2D eigenvalue weighted by atomic mass is 9.99. The average molecular weight is 448 g/mol. The molecule has 4 heterocycles. The molecule has 2 aliphatic rings. The van der Waals surface area contributed by atoms with Gasteiger partial charge in [-0.15, -0.1) is 5.10 Å². The minimum atomic E-state index is 0.680. The first kappa shape index (κ1) is 22.2. The Labute approximate surface area is 197 Å². The van der Waals surface area contributed by atoms with Crippen LogP contribution in [-0.4, -0.2) is 58.5 Å². The first-order valence-corrected chi connectivity index (χ1v) is 12.7. The van der Waals surface area contributed by atoms with E-state index in [1.807, 2.05) is 6.92 Å². The molecule has 0 spiro atoms. The maximum Gasteiger partial charge on any atom is 0.161 e. The Balaban J connectivity index is 1.47. The molecule has 0 aliphatic carbocycles. The lowest BCUT2D eigenvalue weighted by Gasteiger charge is -2.40. The van der Waals surface area contributed by atoms with E-state index in [0.717, 1.165) is 42.1 Å². The number of fused-ring (bicyclic) bond motifs is 1. The Morgan fingerprint density at radius 3 is 2.18 bits per heavy atom. The summed E-state index contributed by atoms with van der Waals surface area (Å²) < 4.78 is 7.99. The fourth-order valence-corrected chi connectivity index (χ4v) is 5.97. The van der Waals surface area contributed by atoms with Gasteiger partial charge in [0.15, 0.2) is 5.82 Å². The summed E-state index contributed by atoms with van der Waals surface area (Å²) in [6, 6.07) is 9.12. The normalized spacial score (nSPS) is 18.2. The first-order chi connectivity index (χ1) is 16.1. The van der Waals surface area contributed by atoms with Gasteiger partial charge in [0, 0.05) is 47.0 Å². The van der Waals surface area contributed by atoms with Gasteiger partial charge in [-0.2, -0.15) is 5.10 Å². The van der Waals surface area contributed by atoms with Crippen molar-refractivity contribution in [1.29, 1.82) is 0 Å². The van der Waals surface area contributed by atoms with E-state index in [0.29, 0.717) is 6.61 Å². The summed E-state index contributed by atoms with van der Waals surface area (Å²) in [5.41, 5.74) is 4.61. The van der Waals surface area contributed by atoms with E-state index in [1.165, 1.54) is 67.4 Å². The molecular weight excluding hydrogens is 410 g/mol. The number of ether oxygens (including phenoxy) is 1. The number of anilines is 1. The molecule has 0 radical (unpaired) electrons. The minimum Gasteiger partial charge on any atom is -0.494 e. The number of nitrogens with zero attached hydrogens (tertiary/aromatic N) is 5. The predicted molar refractivity (Wildman–Crippen MR) is 135 cm³/mol. The molecule has 2 aliphatic heterocycles. The van der Waals surface area contributed by atoms with Gasteiger partial charge in [-0.25, -0.2) is 0 Å². The number of hydrogen-bond donors (Lipinski definition) is 0. The maximum absolute atomic E-state index is 5.65. The number of hydrogen-bond acceptors (Lipinski definition) is 5. The third-order valence-electron chi connectivity index (χ3n) is 7.60. The molecule has 6 nitrogen and oxygen atoms in total. The zero-order valence-electron chi connectivity index (χ0n) is 20.6. The van der Waals surface area contributed by atoms with Crippen molar-refractivity contribution in [2.75, 3.05) is 37.7 Å². The highest BCUT2D eigenvalue weighted by molar-refractivity contribution is 5.98. The minimum absolute atomic E-state index is 0.680. The molecule has 176 valence electrons. The fraction of sp³-hybridized carbons (Fsp3) is 0.556. The van der Waals surface area contributed by atoms with E-state index in [4.69, 9.17) is 9.84 Å². The van der Waals surface area contributed by atoms with E-state index in [2.05, 4.69) is 64.5 Å². The molecule has 0 saturated carbocycles. The summed E-state index contributed by atoms with van der Waals surface area (Å²) in [5, 5.41) is 11.8. The van der Waals surface area contributed by atoms with Crippen molar-refractivity contribution in [3.05, 3.63) is 41.3 Å². The molecule has 33 heavy (non-hydrogen) atoms. The van der Waals surface area contributed by atoms with Crippen molar-refractivity contribution in [3.63, 3.8) is 0 Å². The van der Waals surface area contributed by atoms with Crippen LogP contribution in [0.5, 0.6) is 5.75 Å². The van der Waals surface area contributed by atoms with Crippen molar-refractivity contribution >= 4 is 16.6 Å². The van der Waals surface area contributed by atoms with E-state index in [1.54, 1.807) is 0 Å². The second-order valence-electron chi connectivity index (χ2n) is 9.61. The highest BCUT2D eigenvalue weighted by atomic mass is 16.5. The fourth-order valence-electron chi connectivity index (χ4n) is 5.97. The maximum atomic E-state index is 5.65. The highest BCUT2D eigenvalue weighted by Gasteiger charge is 2.29. The van der Waals surface area contributed by atoms with Crippen LogP contribution in [0.25, 0.3) is 16.5 Å². The van der Waals surface area contributed by atoms with Crippen LogP contribution >= 0.6 is 0 Å². The number of aryl methyl sites for hydroxylation is 3. The molecule has 6 heteroatoms. The zero-order chi connectivity index (χ0) is 22.9. The number of likely N-dealkylation sites (tertiary alicyclic amines) is 1. The second kappa shape index (κ2) is 9.34. The van der Waals surface area contributed by atoms with E-state index < -0.39 is 0 Å². The van der Waals surface area contributed by atoms with Crippen molar-refractivity contribution in [2.45, 2.75) is 65.8 Å². The quantitative estimate of drug-likeness (QED) is 0.538. The van der Waals surface area contributed by atoms with Gasteiger partial charge in [-0.3, -0.25) is 0 Å². The largest absolute Gasteiger partial charge is 0.494 e. The molecule has 0 unspecified atom stereocenters. The lowest BCUT2D eigenvalue weighted by Crippen LogP contribution is -2.47. The second-order valence-corrected chi connectivity index (χ2v) is 9.61. The summed E-state index contributed by atoms with van der Waals surface area (Å²) in [7, 11) is 0. The molecule has 5 rings (SSSR count). The van der Waals surface area contributed by atoms with Gasteiger partial charge in [-0.1, -0.05) is 6.42 Å². The van der Waals surface area contributed by atoms with Crippen LogP contribution in [0.1, 0.15) is 56.1 Å². The lowest BCUT2D eigenvalue weighted by molar-refractivity contribution is 0.141. The van der Waals surface area contributed by atoms with Gasteiger partial charge in [0.25, 0.3) is 0 Å². The van der Waals surface area contributed by atoms with Gasteiger partial charge in [0.2, 0.25) is 0 Å². The molecular formula is C27H37N5O. The van der Waals surface area contributed by atoms with Crippen LogP contribution in [0.3, 0.4) is 0 Å². The molecule has 0 amide bonds. The number of aromatic nitrogens is 3. The van der Waals surface area contributed by atoms with Gasteiger partial charge in [0.1, 0.15) is 5.75 Å². The van der Waals surface area contributed by atoms with Gasteiger partial charge >= 0.3 is 0 Å². The Morgan fingerprint density at radius 1 is 0.848 bits per heavy atom. The molecule has 0 atom stereocenters. The summed E-state index contributed by atoms with van der Waals surface area (Å²) in [6.45, 7) is 13.9. The molecule has 2 aromatic heterocycles. The number of benzene rings is 1. The third kappa shape index (κ3) is 4.10. The van der Waals surface area contributed by atoms with Gasteiger partial charge in [-0.05, 0) is 90.7 Å². The molecule has 3 aromatic rings. The number of piperidine rings is 2. The summed E-state index contributed by atoms with van der Waals surface area (Å²) in [6.07, 6.45) is 6.56. The van der Waals surface area contributed by atoms with Crippen LogP contribution in [0, 0.1) is 20.8 Å². The van der Waals surface area contributed by atoms with E-state index >= 15 is 0 Å². The topological polar surface area (TPSA) is 46.4 Å². The van der Waals surface area contributed by atoms with Crippen LogP contribution in [0.4, 0.5) is 5.82 Å². The standard InChI is InChI=1S/C27H37N5O/c1-5-33-24-11-9-23(10-12-24)32-20(3)25-19(2)28-29-27(26(25)21(32)4)31-17-13-22(14-18-31)30-15-7-6-8-16-30/h9-12,22H,5-8,13-18H2,1-4H3. The van der Waals surface area contributed by atoms with Crippen molar-refractivity contribution in [3.8, 4) is 11.4 Å². The van der Waals surface area contributed by atoms with Crippen molar-refractivity contribution in [1.82, 2.24) is 19.7 Å². The van der Waals surface area contributed by atoms with Crippen molar-refractivity contribution < 1.29 is 4.74 Å². The third-order valence-corrected chi connectivity index (χ3v) is 7.60. The Kier molecular flexibility index (Phi) is 6.28. The van der Waals surface area contributed by atoms with Gasteiger partial charge in [0.05, 0.1) is 12.3 Å². The smallest absolute Gasteiger partial charge is 0.161 e. The van der Waals surface area contributed by atoms with Crippen LogP contribution in [0.2, 0.25) is 0 Å². The first-order valence-electron chi connectivity index (χ1n) is 12.7. The average Bonchev–Trinajstić information content (AvgIpc) is 3.12.